The standard InChI is InChI=1S/C10H17ClN2/c1-3-5-9-10(11,6-4-2)13-8-7-12-9/h3-4,9,12-13H,1-2,5-8H2. The average Bonchev–Trinajstić information content (AvgIpc) is 2.10. The van der Waals surface area contributed by atoms with Crippen LogP contribution in [0.5, 0.6) is 0 Å². The van der Waals surface area contributed by atoms with Gasteiger partial charge in [-0.15, -0.1) is 24.8 Å². The van der Waals surface area contributed by atoms with E-state index >= 15 is 0 Å². The fraction of sp³-hybridized carbons (Fsp3) is 0.600. The van der Waals surface area contributed by atoms with Gasteiger partial charge in [-0.3, -0.25) is 5.32 Å². The van der Waals surface area contributed by atoms with E-state index in [4.69, 9.17) is 11.6 Å². The summed E-state index contributed by atoms with van der Waals surface area (Å²) in [6.45, 7) is 9.31. The van der Waals surface area contributed by atoms with Crippen LogP contribution in [0.2, 0.25) is 0 Å². The fourth-order valence-electron chi connectivity index (χ4n) is 1.66. The number of nitrogens with one attached hydrogen (secondary N) is 2. The highest BCUT2D eigenvalue weighted by Gasteiger charge is 2.36. The van der Waals surface area contributed by atoms with Crippen LogP contribution in [0.4, 0.5) is 0 Å². The summed E-state index contributed by atoms with van der Waals surface area (Å²) in [5, 5.41) is 6.70. The Morgan fingerprint density at radius 1 is 1.38 bits per heavy atom. The molecule has 3 heteroatoms. The van der Waals surface area contributed by atoms with Gasteiger partial charge in [-0.05, 0) is 12.8 Å². The van der Waals surface area contributed by atoms with Crippen LogP contribution < -0.4 is 10.6 Å². The number of hydrogen-bond acceptors (Lipinski definition) is 2. The van der Waals surface area contributed by atoms with Crippen molar-refractivity contribution in [2.24, 2.45) is 0 Å². The lowest BCUT2D eigenvalue weighted by Crippen LogP contribution is -2.62. The van der Waals surface area contributed by atoms with E-state index in [1.807, 2.05) is 12.2 Å². The Kier molecular flexibility index (Phi) is 3.97. The molecule has 2 N–H and O–H groups in total. The summed E-state index contributed by atoms with van der Waals surface area (Å²) in [4.78, 5) is -0.381. The Hall–Kier alpha value is -0.310. The molecule has 2 nitrogen and oxygen atoms in total. The number of halogens is 1. The number of rotatable bonds is 4. The van der Waals surface area contributed by atoms with Crippen LogP contribution in [0, 0.1) is 0 Å². The molecule has 0 aromatic rings. The Morgan fingerprint density at radius 2 is 2.15 bits per heavy atom. The zero-order chi connectivity index (χ0) is 9.73. The van der Waals surface area contributed by atoms with E-state index in [0.717, 1.165) is 25.9 Å². The van der Waals surface area contributed by atoms with Gasteiger partial charge in [-0.1, -0.05) is 12.2 Å². The van der Waals surface area contributed by atoms with Crippen molar-refractivity contribution < 1.29 is 0 Å². The summed E-state index contributed by atoms with van der Waals surface area (Å²) in [7, 11) is 0. The van der Waals surface area contributed by atoms with Gasteiger partial charge in [0.2, 0.25) is 0 Å². The molecule has 0 spiro atoms. The molecule has 74 valence electrons. The first-order chi connectivity index (χ1) is 6.23. The molecule has 1 fully saturated rings. The predicted molar refractivity (Wildman–Crippen MR) is 58.0 cm³/mol. The molecule has 1 aliphatic rings. The van der Waals surface area contributed by atoms with Crippen LogP contribution in [-0.4, -0.2) is 24.1 Å². The van der Waals surface area contributed by atoms with Crippen LogP contribution in [-0.2, 0) is 0 Å². The highest BCUT2D eigenvalue weighted by molar-refractivity contribution is 6.24. The van der Waals surface area contributed by atoms with Crippen molar-refractivity contribution in [3.63, 3.8) is 0 Å². The molecule has 2 atom stereocenters. The van der Waals surface area contributed by atoms with Gasteiger partial charge in [0.25, 0.3) is 0 Å². The van der Waals surface area contributed by atoms with Crippen LogP contribution >= 0.6 is 11.6 Å². The summed E-state index contributed by atoms with van der Waals surface area (Å²) < 4.78 is 0. The van der Waals surface area contributed by atoms with E-state index in [-0.39, 0.29) is 11.0 Å². The third kappa shape index (κ3) is 2.56. The van der Waals surface area contributed by atoms with E-state index in [9.17, 15) is 0 Å². The largest absolute Gasteiger partial charge is 0.309 e. The minimum Gasteiger partial charge on any atom is -0.309 e. The maximum Gasteiger partial charge on any atom is 0.113 e. The normalized spacial score (nSPS) is 34.1. The van der Waals surface area contributed by atoms with Gasteiger partial charge < -0.3 is 5.32 Å². The molecule has 0 aliphatic carbocycles. The molecule has 0 bridgehead atoms. The number of piperazine rings is 1. The van der Waals surface area contributed by atoms with Gasteiger partial charge in [0.1, 0.15) is 5.00 Å². The van der Waals surface area contributed by atoms with Crippen LogP contribution in [0.15, 0.2) is 25.3 Å². The predicted octanol–water partition coefficient (Wildman–Crippen LogP) is 1.64. The van der Waals surface area contributed by atoms with Crippen LogP contribution in [0.25, 0.3) is 0 Å². The first kappa shape index (κ1) is 10.8. The molecule has 1 aliphatic heterocycles. The fourth-order valence-corrected chi connectivity index (χ4v) is 2.03. The SMILES string of the molecule is C=CCC1NCCNC1(Cl)CC=C. The van der Waals surface area contributed by atoms with Crippen molar-refractivity contribution in [1.82, 2.24) is 10.6 Å². The minimum absolute atomic E-state index is 0.249. The highest BCUT2D eigenvalue weighted by Crippen LogP contribution is 2.25. The van der Waals surface area contributed by atoms with E-state index in [2.05, 4.69) is 23.8 Å². The summed E-state index contributed by atoms with van der Waals surface area (Å²) in [6, 6.07) is 0.249. The summed E-state index contributed by atoms with van der Waals surface area (Å²) >= 11 is 6.43. The third-order valence-corrected chi connectivity index (χ3v) is 2.88. The Balaban J connectivity index is 2.63. The smallest absolute Gasteiger partial charge is 0.113 e. The van der Waals surface area contributed by atoms with Crippen molar-refractivity contribution in [1.29, 1.82) is 0 Å². The molecule has 0 saturated carbocycles. The van der Waals surface area contributed by atoms with Crippen LogP contribution in [0.3, 0.4) is 0 Å². The summed E-state index contributed by atoms with van der Waals surface area (Å²) in [5.74, 6) is 0. The Labute approximate surface area is 85.0 Å². The lowest BCUT2D eigenvalue weighted by Gasteiger charge is -2.40. The molecule has 0 amide bonds. The lowest BCUT2D eigenvalue weighted by atomic mass is 9.98. The minimum atomic E-state index is -0.381. The number of alkyl halides is 1. The van der Waals surface area contributed by atoms with Gasteiger partial charge in [-0.25, -0.2) is 0 Å². The molecular weight excluding hydrogens is 184 g/mol. The van der Waals surface area contributed by atoms with Crippen molar-refractivity contribution >= 4 is 11.6 Å². The molecule has 13 heavy (non-hydrogen) atoms. The molecule has 0 aromatic carbocycles. The maximum atomic E-state index is 6.43. The first-order valence-corrected chi connectivity index (χ1v) is 5.00. The van der Waals surface area contributed by atoms with E-state index < -0.39 is 0 Å². The Bertz CT molecular complexity index is 193. The molecule has 0 aromatic heterocycles. The van der Waals surface area contributed by atoms with Crippen molar-refractivity contribution in [2.75, 3.05) is 13.1 Å². The topological polar surface area (TPSA) is 24.1 Å². The lowest BCUT2D eigenvalue weighted by molar-refractivity contribution is 0.284. The molecular formula is C10H17ClN2. The quantitative estimate of drug-likeness (QED) is 0.410. The van der Waals surface area contributed by atoms with Crippen molar-refractivity contribution in [3.8, 4) is 0 Å². The molecule has 1 rings (SSSR count). The van der Waals surface area contributed by atoms with Gasteiger partial charge in [0.15, 0.2) is 0 Å². The second kappa shape index (κ2) is 4.80. The van der Waals surface area contributed by atoms with Crippen molar-refractivity contribution in [3.05, 3.63) is 25.3 Å². The highest BCUT2D eigenvalue weighted by atomic mass is 35.5. The second-order valence-corrected chi connectivity index (χ2v) is 3.99. The Morgan fingerprint density at radius 3 is 2.77 bits per heavy atom. The summed E-state index contributed by atoms with van der Waals surface area (Å²) in [5.41, 5.74) is 0. The first-order valence-electron chi connectivity index (χ1n) is 4.62. The summed E-state index contributed by atoms with van der Waals surface area (Å²) in [6.07, 6.45) is 5.39. The molecule has 2 unspecified atom stereocenters. The van der Waals surface area contributed by atoms with E-state index in [0.29, 0.717) is 0 Å². The molecule has 1 saturated heterocycles. The van der Waals surface area contributed by atoms with Gasteiger partial charge in [-0.2, -0.15) is 0 Å². The maximum absolute atomic E-state index is 6.43. The second-order valence-electron chi connectivity index (χ2n) is 3.31. The van der Waals surface area contributed by atoms with Gasteiger partial charge in [0, 0.05) is 19.1 Å². The average molecular weight is 201 g/mol. The van der Waals surface area contributed by atoms with Crippen molar-refractivity contribution in [2.45, 2.75) is 23.9 Å². The molecule has 1 heterocycles. The third-order valence-electron chi connectivity index (χ3n) is 2.33. The zero-order valence-electron chi connectivity index (χ0n) is 7.85. The van der Waals surface area contributed by atoms with E-state index in [1.54, 1.807) is 0 Å². The number of hydrogen-bond donors (Lipinski definition) is 2. The van der Waals surface area contributed by atoms with Gasteiger partial charge in [0.05, 0.1) is 0 Å². The monoisotopic (exact) mass is 200 g/mol. The molecule has 0 radical (unpaired) electrons. The van der Waals surface area contributed by atoms with Gasteiger partial charge >= 0.3 is 0 Å². The van der Waals surface area contributed by atoms with Crippen LogP contribution in [0.1, 0.15) is 12.8 Å². The zero-order valence-corrected chi connectivity index (χ0v) is 8.61. The van der Waals surface area contributed by atoms with E-state index in [1.165, 1.54) is 0 Å².